The summed E-state index contributed by atoms with van der Waals surface area (Å²) >= 11 is 6.07. The number of furan rings is 1. The Kier molecular flexibility index (Phi) is 3.00. The molecule has 3 N–H and O–H groups in total. The number of nitrogens with two attached hydrogens (primary N) is 1. The van der Waals surface area contributed by atoms with Crippen molar-refractivity contribution in [1.82, 2.24) is 15.2 Å². The Morgan fingerprint density at radius 1 is 1.62 bits per heavy atom. The minimum Gasteiger partial charge on any atom is -0.467 e. The largest absolute Gasteiger partial charge is 0.467 e. The van der Waals surface area contributed by atoms with E-state index in [2.05, 4.69) is 10.5 Å². The maximum Gasteiger partial charge on any atom is 0.131 e. The lowest BCUT2D eigenvalue weighted by molar-refractivity contribution is 0.435. The molecule has 6 heteroatoms. The number of hydrogen-bond donors (Lipinski definition) is 2. The summed E-state index contributed by atoms with van der Waals surface area (Å²) in [5, 5.41) is 4.63. The molecule has 0 fully saturated rings. The highest BCUT2D eigenvalue weighted by atomic mass is 35.5. The van der Waals surface area contributed by atoms with Gasteiger partial charge in [-0.3, -0.25) is 10.5 Å². The van der Waals surface area contributed by atoms with Crippen LogP contribution in [0.25, 0.3) is 0 Å². The third-order valence-electron chi connectivity index (χ3n) is 2.54. The molecule has 16 heavy (non-hydrogen) atoms. The minimum absolute atomic E-state index is 0.296. The van der Waals surface area contributed by atoms with Crippen LogP contribution in [-0.2, 0) is 7.05 Å². The summed E-state index contributed by atoms with van der Waals surface area (Å²) < 4.78 is 7.08. The molecule has 2 aromatic rings. The van der Waals surface area contributed by atoms with Gasteiger partial charge in [0.05, 0.1) is 23.2 Å². The molecule has 0 saturated carbocycles. The molecule has 5 nitrogen and oxygen atoms in total. The monoisotopic (exact) mass is 240 g/mol. The average molecular weight is 241 g/mol. The topological polar surface area (TPSA) is 69.0 Å². The quantitative estimate of drug-likeness (QED) is 0.631. The van der Waals surface area contributed by atoms with E-state index >= 15 is 0 Å². The number of rotatable bonds is 3. The zero-order chi connectivity index (χ0) is 11.7. The first-order chi connectivity index (χ1) is 7.65. The van der Waals surface area contributed by atoms with Crippen molar-refractivity contribution >= 4 is 11.6 Å². The number of hydrazine groups is 1. The van der Waals surface area contributed by atoms with Gasteiger partial charge in [-0.2, -0.15) is 5.10 Å². The van der Waals surface area contributed by atoms with Crippen molar-refractivity contribution in [1.29, 1.82) is 0 Å². The highest BCUT2D eigenvalue weighted by molar-refractivity contribution is 6.31. The summed E-state index contributed by atoms with van der Waals surface area (Å²) in [6.45, 7) is 1.95. The van der Waals surface area contributed by atoms with Crippen LogP contribution < -0.4 is 11.3 Å². The van der Waals surface area contributed by atoms with Gasteiger partial charge in [-0.1, -0.05) is 11.6 Å². The fraction of sp³-hybridized carbons (Fsp3) is 0.300. The lowest BCUT2D eigenvalue weighted by atomic mass is 10.1. The molecule has 86 valence electrons. The second kappa shape index (κ2) is 4.29. The van der Waals surface area contributed by atoms with Crippen LogP contribution in [0.5, 0.6) is 0 Å². The predicted octanol–water partition coefficient (Wildman–Crippen LogP) is 1.53. The van der Waals surface area contributed by atoms with Gasteiger partial charge in [-0.15, -0.1) is 0 Å². The zero-order valence-electron chi connectivity index (χ0n) is 9.07. The Balaban J connectivity index is 2.49. The van der Waals surface area contributed by atoms with Gasteiger partial charge in [-0.25, -0.2) is 5.43 Å². The second-order valence-corrected chi connectivity index (χ2v) is 3.98. The lowest BCUT2D eigenvalue weighted by Crippen LogP contribution is -2.30. The standard InChI is InChI=1S/C10H13ClN4O/c1-6-3-4-16-10(6)8(14-12)9-7(11)5-13-15(9)2/h3-5,8,14H,12H2,1-2H3. The van der Waals surface area contributed by atoms with Crippen LogP contribution in [0.3, 0.4) is 0 Å². The fourth-order valence-electron chi connectivity index (χ4n) is 1.70. The predicted molar refractivity (Wildman–Crippen MR) is 60.8 cm³/mol. The number of hydrogen-bond acceptors (Lipinski definition) is 4. The average Bonchev–Trinajstić information content (AvgIpc) is 2.80. The van der Waals surface area contributed by atoms with E-state index in [-0.39, 0.29) is 6.04 Å². The van der Waals surface area contributed by atoms with Crippen LogP contribution in [0.2, 0.25) is 5.02 Å². The first-order valence-corrected chi connectivity index (χ1v) is 5.20. The van der Waals surface area contributed by atoms with Crippen molar-refractivity contribution in [2.24, 2.45) is 12.9 Å². The lowest BCUT2D eigenvalue weighted by Gasteiger charge is -2.15. The Morgan fingerprint density at radius 2 is 2.38 bits per heavy atom. The van der Waals surface area contributed by atoms with Crippen molar-refractivity contribution in [3.05, 3.63) is 40.6 Å². The number of aryl methyl sites for hydroxylation is 2. The number of nitrogens with zero attached hydrogens (tertiary/aromatic N) is 2. The highest BCUT2D eigenvalue weighted by Crippen LogP contribution is 2.29. The molecular weight excluding hydrogens is 228 g/mol. The summed E-state index contributed by atoms with van der Waals surface area (Å²) in [5.41, 5.74) is 4.48. The van der Waals surface area contributed by atoms with Gasteiger partial charge in [0.2, 0.25) is 0 Å². The summed E-state index contributed by atoms with van der Waals surface area (Å²) in [6, 6.07) is 1.58. The molecular formula is C10H13ClN4O. The third-order valence-corrected chi connectivity index (χ3v) is 2.83. The first kappa shape index (κ1) is 11.2. The SMILES string of the molecule is Cc1ccoc1C(NN)c1c(Cl)cnn1C. The van der Waals surface area contributed by atoms with Gasteiger partial charge < -0.3 is 4.42 Å². The number of aromatic nitrogens is 2. The molecule has 0 radical (unpaired) electrons. The van der Waals surface area contributed by atoms with E-state index in [1.165, 1.54) is 0 Å². The van der Waals surface area contributed by atoms with Gasteiger partial charge >= 0.3 is 0 Å². The van der Waals surface area contributed by atoms with Crippen LogP contribution in [0.1, 0.15) is 23.1 Å². The molecule has 0 aromatic carbocycles. The van der Waals surface area contributed by atoms with E-state index in [0.29, 0.717) is 5.02 Å². The summed E-state index contributed by atoms with van der Waals surface area (Å²) in [4.78, 5) is 0. The van der Waals surface area contributed by atoms with Crippen molar-refractivity contribution in [2.75, 3.05) is 0 Å². The molecule has 0 amide bonds. The fourth-order valence-corrected chi connectivity index (χ4v) is 1.98. The molecule has 1 atom stereocenters. The van der Waals surface area contributed by atoms with E-state index in [0.717, 1.165) is 17.0 Å². The zero-order valence-corrected chi connectivity index (χ0v) is 9.82. The highest BCUT2D eigenvalue weighted by Gasteiger charge is 2.23. The van der Waals surface area contributed by atoms with Crippen molar-refractivity contribution in [3.8, 4) is 0 Å². The van der Waals surface area contributed by atoms with Gasteiger partial charge in [0.15, 0.2) is 0 Å². The van der Waals surface area contributed by atoms with Gasteiger partial charge in [0, 0.05) is 7.05 Å². The first-order valence-electron chi connectivity index (χ1n) is 4.82. The maximum atomic E-state index is 6.07. The minimum atomic E-state index is -0.296. The normalized spacial score (nSPS) is 13.0. The number of nitrogens with one attached hydrogen (secondary N) is 1. The van der Waals surface area contributed by atoms with E-state index in [1.54, 1.807) is 17.1 Å². The Labute approximate surface area is 98.1 Å². The summed E-state index contributed by atoms with van der Waals surface area (Å²) in [5.74, 6) is 6.30. The van der Waals surface area contributed by atoms with Gasteiger partial charge in [0.25, 0.3) is 0 Å². The van der Waals surface area contributed by atoms with E-state index in [9.17, 15) is 0 Å². The Bertz CT molecular complexity index is 471. The Morgan fingerprint density at radius 3 is 2.81 bits per heavy atom. The van der Waals surface area contributed by atoms with Crippen LogP contribution >= 0.6 is 11.6 Å². The Hall–Kier alpha value is -1.30. The van der Waals surface area contributed by atoms with Gasteiger partial charge in [-0.05, 0) is 18.6 Å². The molecule has 0 spiro atoms. The summed E-state index contributed by atoms with van der Waals surface area (Å²) in [6.07, 6.45) is 3.21. The third kappa shape index (κ3) is 1.73. The summed E-state index contributed by atoms with van der Waals surface area (Å²) in [7, 11) is 1.81. The molecule has 0 aliphatic heterocycles. The van der Waals surface area contributed by atoms with Crippen molar-refractivity contribution < 1.29 is 4.42 Å². The van der Waals surface area contributed by atoms with E-state index < -0.39 is 0 Å². The van der Waals surface area contributed by atoms with Gasteiger partial charge in [0.1, 0.15) is 11.8 Å². The van der Waals surface area contributed by atoms with E-state index in [4.69, 9.17) is 21.9 Å². The number of halogens is 1. The van der Waals surface area contributed by atoms with Crippen LogP contribution in [0.15, 0.2) is 22.9 Å². The van der Waals surface area contributed by atoms with Crippen LogP contribution in [-0.4, -0.2) is 9.78 Å². The molecule has 0 aliphatic rings. The molecule has 0 saturated heterocycles. The van der Waals surface area contributed by atoms with E-state index in [1.807, 2.05) is 20.0 Å². The van der Waals surface area contributed by atoms with Crippen LogP contribution in [0.4, 0.5) is 0 Å². The van der Waals surface area contributed by atoms with Crippen LogP contribution in [0, 0.1) is 6.92 Å². The molecule has 2 rings (SSSR count). The van der Waals surface area contributed by atoms with Crippen molar-refractivity contribution in [2.45, 2.75) is 13.0 Å². The molecule has 0 aliphatic carbocycles. The molecule has 0 bridgehead atoms. The smallest absolute Gasteiger partial charge is 0.131 e. The molecule has 2 heterocycles. The molecule has 1 unspecified atom stereocenters. The van der Waals surface area contributed by atoms with Crippen molar-refractivity contribution in [3.63, 3.8) is 0 Å². The second-order valence-electron chi connectivity index (χ2n) is 3.57. The molecule has 2 aromatic heterocycles. The maximum absolute atomic E-state index is 6.07.